The minimum atomic E-state index is -0.894. The number of amides is 1. The minimum Gasteiger partial charge on any atom is -0.388 e. The number of carbonyl (C=O) groups excluding carboxylic acids is 2. The topological polar surface area (TPSA) is 93.7 Å². The summed E-state index contributed by atoms with van der Waals surface area (Å²) in [5, 5.41) is 13.6. The van der Waals surface area contributed by atoms with Crippen LogP contribution in [0.25, 0.3) is 0 Å². The van der Waals surface area contributed by atoms with Crippen molar-refractivity contribution >= 4 is 11.7 Å². The van der Waals surface area contributed by atoms with Gasteiger partial charge in [0.1, 0.15) is 0 Å². The molecular weight excluding hydrogens is 440 g/mol. The fourth-order valence-corrected chi connectivity index (χ4v) is 7.01. The maximum Gasteiger partial charge on any atom is 0.287 e. The van der Waals surface area contributed by atoms with Gasteiger partial charge in [-0.25, -0.2) is 0 Å². The first-order chi connectivity index (χ1) is 16.7. The van der Waals surface area contributed by atoms with Crippen LogP contribution in [0.3, 0.4) is 0 Å². The molecule has 192 valence electrons. The fraction of sp³-hybridized carbons (Fsp3) is 0.714. The van der Waals surface area contributed by atoms with Crippen LogP contribution >= 0.6 is 0 Å². The first-order valence-corrected chi connectivity index (χ1v) is 13.5. The molecule has 0 bridgehead atoms. The molecule has 1 unspecified atom stereocenters. The molecule has 3 aliphatic carbocycles. The molecule has 4 fully saturated rings. The van der Waals surface area contributed by atoms with Gasteiger partial charge in [-0.1, -0.05) is 36.8 Å². The SMILES string of the molecule is CN(C)C1(c2ccccc2)CCC2(CC1)CC([C@H]1C[C@@](O)(CNC(=O)C(=O)CC3CCC3)C1)NN2. The van der Waals surface area contributed by atoms with E-state index in [1.54, 1.807) is 0 Å². The second kappa shape index (κ2) is 9.58. The number of benzene rings is 1. The van der Waals surface area contributed by atoms with Crippen molar-refractivity contribution < 1.29 is 14.7 Å². The zero-order chi connectivity index (χ0) is 24.7. The Morgan fingerprint density at radius 1 is 1.06 bits per heavy atom. The summed E-state index contributed by atoms with van der Waals surface area (Å²) in [5.41, 5.74) is 7.91. The molecule has 0 aromatic heterocycles. The lowest BCUT2D eigenvalue weighted by atomic mass is 9.63. The molecule has 1 aromatic rings. The van der Waals surface area contributed by atoms with Crippen LogP contribution in [0.5, 0.6) is 0 Å². The molecule has 1 heterocycles. The smallest absolute Gasteiger partial charge is 0.287 e. The van der Waals surface area contributed by atoms with Crippen LogP contribution in [0.15, 0.2) is 30.3 Å². The second-order valence-electron chi connectivity index (χ2n) is 12.2. The molecule has 1 aliphatic heterocycles. The maximum absolute atomic E-state index is 12.2. The largest absolute Gasteiger partial charge is 0.388 e. The van der Waals surface area contributed by atoms with E-state index in [2.05, 4.69) is 65.5 Å². The van der Waals surface area contributed by atoms with E-state index >= 15 is 0 Å². The van der Waals surface area contributed by atoms with Crippen molar-refractivity contribution in [2.75, 3.05) is 20.6 Å². The van der Waals surface area contributed by atoms with E-state index in [0.717, 1.165) is 51.4 Å². The number of nitrogens with zero attached hydrogens (tertiary/aromatic N) is 1. The average Bonchev–Trinajstić information content (AvgIpc) is 3.22. The second-order valence-corrected chi connectivity index (χ2v) is 12.2. The molecule has 4 aliphatic rings. The Kier molecular flexibility index (Phi) is 6.81. The highest BCUT2D eigenvalue weighted by Crippen LogP contribution is 2.49. The zero-order valence-corrected chi connectivity index (χ0v) is 21.3. The quantitative estimate of drug-likeness (QED) is 0.426. The normalized spacial score (nSPS) is 37.1. The molecule has 1 atom stereocenters. The molecule has 7 nitrogen and oxygen atoms in total. The molecule has 5 rings (SSSR count). The summed E-state index contributed by atoms with van der Waals surface area (Å²) < 4.78 is 0. The van der Waals surface area contributed by atoms with Crippen molar-refractivity contribution in [3.05, 3.63) is 35.9 Å². The number of ketones is 1. The summed E-state index contributed by atoms with van der Waals surface area (Å²) in [6, 6.07) is 11.2. The minimum absolute atomic E-state index is 0.0806. The third kappa shape index (κ3) is 4.93. The highest BCUT2D eigenvalue weighted by molar-refractivity contribution is 6.36. The molecule has 4 N–H and O–H groups in total. The molecule has 3 saturated carbocycles. The molecule has 35 heavy (non-hydrogen) atoms. The summed E-state index contributed by atoms with van der Waals surface area (Å²) in [7, 11) is 4.39. The van der Waals surface area contributed by atoms with Crippen LogP contribution in [0.4, 0.5) is 0 Å². The van der Waals surface area contributed by atoms with E-state index in [0.29, 0.717) is 37.1 Å². The van der Waals surface area contributed by atoms with Crippen molar-refractivity contribution in [3.63, 3.8) is 0 Å². The predicted molar refractivity (Wildman–Crippen MR) is 135 cm³/mol. The fourth-order valence-electron chi connectivity index (χ4n) is 7.01. The van der Waals surface area contributed by atoms with Gasteiger partial charge in [-0.05, 0) is 89.3 Å². The van der Waals surface area contributed by atoms with Crippen LogP contribution in [0, 0.1) is 11.8 Å². The van der Waals surface area contributed by atoms with Gasteiger partial charge in [0.2, 0.25) is 5.78 Å². The summed E-state index contributed by atoms with van der Waals surface area (Å²) in [6.45, 7) is 0.173. The van der Waals surface area contributed by atoms with Crippen LogP contribution in [0.2, 0.25) is 0 Å². The molecule has 1 spiro atoms. The van der Waals surface area contributed by atoms with E-state index < -0.39 is 11.5 Å². The first kappa shape index (κ1) is 24.9. The van der Waals surface area contributed by atoms with Crippen molar-refractivity contribution in [2.24, 2.45) is 11.8 Å². The van der Waals surface area contributed by atoms with Gasteiger partial charge >= 0.3 is 0 Å². The van der Waals surface area contributed by atoms with Gasteiger partial charge in [-0.15, -0.1) is 0 Å². The Hall–Kier alpha value is -1.80. The molecule has 1 amide bonds. The highest BCUT2D eigenvalue weighted by atomic mass is 16.3. The number of hydrazine groups is 1. The lowest BCUT2D eigenvalue weighted by molar-refractivity contribution is -0.140. The van der Waals surface area contributed by atoms with Gasteiger partial charge < -0.3 is 10.4 Å². The predicted octanol–water partition coefficient (Wildman–Crippen LogP) is 2.64. The molecular formula is C28H42N4O3. The molecule has 1 saturated heterocycles. The van der Waals surface area contributed by atoms with Gasteiger partial charge in [-0.3, -0.25) is 25.3 Å². The van der Waals surface area contributed by atoms with E-state index in [-0.39, 0.29) is 23.4 Å². The standard InChI is InChI=1S/C28H42N4O3/c1-32(2)28(22-9-4-3-5-10-22)13-11-26(12-14-28)18-23(30-31-26)21-16-27(35,17-21)19-29-25(34)24(33)15-20-7-6-8-20/h3-5,9-10,20-21,23,30-31,35H,6-8,11-19H2,1-2H3,(H,29,34)/t21-,23?,26?,27-,28?. The Morgan fingerprint density at radius 3 is 2.34 bits per heavy atom. The van der Waals surface area contributed by atoms with Crippen molar-refractivity contribution in [2.45, 2.75) is 93.3 Å². The lowest BCUT2D eigenvalue weighted by Crippen LogP contribution is -2.57. The summed E-state index contributed by atoms with van der Waals surface area (Å²) in [5.74, 6) is -0.102. The number of carbonyl (C=O) groups is 2. The summed E-state index contributed by atoms with van der Waals surface area (Å²) in [6.07, 6.45) is 10.4. The Labute approximate surface area is 209 Å². The number of hydrogen-bond donors (Lipinski definition) is 4. The third-order valence-corrected chi connectivity index (χ3v) is 9.72. The van der Waals surface area contributed by atoms with Crippen LogP contribution in [-0.4, -0.2) is 59.5 Å². The van der Waals surface area contributed by atoms with Crippen molar-refractivity contribution in [3.8, 4) is 0 Å². The molecule has 1 aromatic carbocycles. The highest BCUT2D eigenvalue weighted by Gasteiger charge is 2.53. The first-order valence-electron chi connectivity index (χ1n) is 13.5. The molecule has 0 radical (unpaired) electrons. The van der Waals surface area contributed by atoms with Crippen LogP contribution in [-0.2, 0) is 15.1 Å². The average molecular weight is 483 g/mol. The Balaban J connectivity index is 1.09. The maximum atomic E-state index is 12.2. The Morgan fingerprint density at radius 2 is 1.74 bits per heavy atom. The van der Waals surface area contributed by atoms with E-state index in [4.69, 9.17) is 0 Å². The number of Topliss-reactive ketones (excluding diaryl/α,β-unsaturated/α-hetero) is 1. The monoisotopic (exact) mass is 482 g/mol. The molecule has 7 heteroatoms. The van der Waals surface area contributed by atoms with E-state index in [9.17, 15) is 14.7 Å². The summed E-state index contributed by atoms with van der Waals surface area (Å²) >= 11 is 0. The number of rotatable bonds is 8. The summed E-state index contributed by atoms with van der Waals surface area (Å²) in [4.78, 5) is 26.6. The number of hydrogen-bond acceptors (Lipinski definition) is 6. The Bertz CT molecular complexity index is 915. The van der Waals surface area contributed by atoms with Crippen molar-refractivity contribution in [1.29, 1.82) is 0 Å². The van der Waals surface area contributed by atoms with E-state index in [1.807, 2.05) is 0 Å². The van der Waals surface area contributed by atoms with Gasteiger partial charge in [0.25, 0.3) is 5.91 Å². The van der Waals surface area contributed by atoms with E-state index in [1.165, 1.54) is 5.56 Å². The van der Waals surface area contributed by atoms with Gasteiger partial charge in [-0.2, -0.15) is 0 Å². The van der Waals surface area contributed by atoms with Gasteiger partial charge in [0, 0.05) is 30.1 Å². The number of nitrogens with one attached hydrogen (secondary N) is 3. The van der Waals surface area contributed by atoms with Crippen molar-refractivity contribution in [1.82, 2.24) is 21.1 Å². The number of aliphatic hydroxyl groups is 1. The third-order valence-electron chi connectivity index (χ3n) is 9.72. The van der Waals surface area contributed by atoms with Crippen LogP contribution < -0.4 is 16.2 Å². The van der Waals surface area contributed by atoms with Crippen LogP contribution in [0.1, 0.15) is 76.2 Å². The zero-order valence-electron chi connectivity index (χ0n) is 21.3. The van der Waals surface area contributed by atoms with Gasteiger partial charge in [0.05, 0.1) is 5.60 Å². The lowest BCUT2D eigenvalue weighted by Gasteiger charge is -2.49. The van der Waals surface area contributed by atoms with Gasteiger partial charge in [0.15, 0.2) is 0 Å².